The van der Waals surface area contributed by atoms with Gasteiger partial charge in [-0.2, -0.15) is 0 Å². The third kappa shape index (κ3) is 2.17. The number of ether oxygens (including phenoxy) is 1. The van der Waals surface area contributed by atoms with Crippen LogP contribution in [0.1, 0.15) is 23.5 Å². The summed E-state index contributed by atoms with van der Waals surface area (Å²) >= 11 is 0. The summed E-state index contributed by atoms with van der Waals surface area (Å²) in [5.74, 6) is 0.673. The minimum atomic E-state index is 0.673. The minimum Gasteiger partial charge on any atom is -0.398 e. The van der Waals surface area contributed by atoms with Crippen LogP contribution in [0.5, 0.6) is 0 Å². The topological polar surface area (TPSA) is 38.5 Å². The number of benzene rings is 1. The average Bonchev–Trinajstić information content (AvgIpc) is 2.76. The molecule has 3 rings (SSSR count). The molecule has 0 saturated carbocycles. The number of hydrogen-bond donors (Lipinski definition) is 1. The predicted octanol–water partition coefficient (Wildman–Crippen LogP) is 1.63. The molecular weight excluding hydrogens is 212 g/mol. The molecular formula is C14H20N2O. The standard InChI is InChI=1S/C14H20N2O/c15-14-3-1-2-12-11(4-5-13(12)14)10-16-6-8-17-9-7-16/h1-3,11H,4-10,15H2. The molecule has 2 aliphatic rings. The van der Waals surface area contributed by atoms with Gasteiger partial charge in [-0.3, -0.25) is 4.90 Å². The maximum Gasteiger partial charge on any atom is 0.0594 e. The molecule has 0 radical (unpaired) electrons. The van der Waals surface area contributed by atoms with Crippen molar-refractivity contribution >= 4 is 5.69 Å². The highest BCUT2D eigenvalue weighted by atomic mass is 16.5. The van der Waals surface area contributed by atoms with Crippen molar-refractivity contribution in [2.24, 2.45) is 0 Å². The Morgan fingerprint density at radius 2 is 2.12 bits per heavy atom. The van der Waals surface area contributed by atoms with E-state index in [0.717, 1.165) is 38.4 Å². The highest BCUT2D eigenvalue weighted by Gasteiger charge is 2.26. The molecule has 1 fully saturated rings. The van der Waals surface area contributed by atoms with E-state index in [-0.39, 0.29) is 0 Å². The van der Waals surface area contributed by atoms with Gasteiger partial charge < -0.3 is 10.5 Å². The Kier molecular flexibility index (Phi) is 3.04. The molecule has 0 spiro atoms. The zero-order valence-electron chi connectivity index (χ0n) is 10.2. The van der Waals surface area contributed by atoms with Crippen molar-refractivity contribution in [2.45, 2.75) is 18.8 Å². The predicted molar refractivity (Wildman–Crippen MR) is 69.2 cm³/mol. The SMILES string of the molecule is Nc1cccc2c1CCC2CN1CCOCC1. The van der Waals surface area contributed by atoms with Gasteiger partial charge in [0.05, 0.1) is 13.2 Å². The van der Waals surface area contributed by atoms with Gasteiger partial charge in [0.15, 0.2) is 0 Å². The highest BCUT2D eigenvalue weighted by Crippen LogP contribution is 2.36. The van der Waals surface area contributed by atoms with E-state index in [1.54, 1.807) is 0 Å². The number of nitrogens with zero attached hydrogens (tertiary/aromatic N) is 1. The second-order valence-corrected chi connectivity index (χ2v) is 5.06. The van der Waals surface area contributed by atoms with Gasteiger partial charge in [-0.15, -0.1) is 0 Å². The summed E-state index contributed by atoms with van der Waals surface area (Å²) in [6.07, 6.45) is 2.40. The Balaban J connectivity index is 1.72. The van der Waals surface area contributed by atoms with Crippen LogP contribution in [0.15, 0.2) is 18.2 Å². The van der Waals surface area contributed by atoms with E-state index in [1.165, 1.54) is 24.1 Å². The van der Waals surface area contributed by atoms with E-state index in [9.17, 15) is 0 Å². The Hall–Kier alpha value is -1.06. The molecule has 3 heteroatoms. The smallest absolute Gasteiger partial charge is 0.0594 e. The lowest BCUT2D eigenvalue weighted by Crippen LogP contribution is -2.38. The van der Waals surface area contributed by atoms with Crippen molar-refractivity contribution in [3.05, 3.63) is 29.3 Å². The summed E-state index contributed by atoms with van der Waals surface area (Å²) in [4.78, 5) is 2.52. The number of fused-ring (bicyclic) bond motifs is 1. The van der Waals surface area contributed by atoms with Crippen LogP contribution in [0.4, 0.5) is 5.69 Å². The Bertz CT molecular complexity index is 399. The van der Waals surface area contributed by atoms with Crippen LogP contribution in [0, 0.1) is 0 Å². The van der Waals surface area contributed by atoms with Gasteiger partial charge in [0.1, 0.15) is 0 Å². The third-order valence-electron chi connectivity index (χ3n) is 4.01. The van der Waals surface area contributed by atoms with Crippen LogP contribution in [0.3, 0.4) is 0 Å². The van der Waals surface area contributed by atoms with Crippen LogP contribution >= 0.6 is 0 Å². The summed E-state index contributed by atoms with van der Waals surface area (Å²) < 4.78 is 5.39. The zero-order valence-corrected chi connectivity index (χ0v) is 10.2. The van der Waals surface area contributed by atoms with Crippen molar-refractivity contribution in [3.8, 4) is 0 Å². The fourth-order valence-corrected chi connectivity index (χ4v) is 3.05. The molecule has 92 valence electrons. The van der Waals surface area contributed by atoms with E-state index < -0.39 is 0 Å². The van der Waals surface area contributed by atoms with Crippen LogP contribution in [-0.2, 0) is 11.2 Å². The molecule has 17 heavy (non-hydrogen) atoms. The Morgan fingerprint density at radius 1 is 1.29 bits per heavy atom. The molecule has 2 N–H and O–H groups in total. The van der Waals surface area contributed by atoms with E-state index in [1.807, 2.05) is 6.07 Å². The number of nitrogens with two attached hydrogens (primary N) is 1. The number of nitrogen functional groups attached to an aromatic ring is 1. The van der Waals surface area contributed by atoms with Gasteiger partial charge in [-0.1, -0.05) is 12.1 Å². The van der Waals surface area contributed by atoms with Gasteiger partial charge in [0, 0.05) is 25.3 Å². The van der Waals surface area contributed by atoms with Crippen LogP contribution < -0.4 is 5.73 Å². The number of rotatable bonds is 2. The minimum absolute atomic E-state index is 0.673. The fraction of sp³-hybridized carbons (Fsp3) is 0.571. The fourth-order valence-electron chi connectivity index (χ4n) is 3.05. The van der Waals surface area contributed by atoms with Gasteiger partial charge in [-0.05, 0) is 36.0 Å². The average molecular weight is 232 g/mol. The lowest BCUT2D eigenvalue weighted by molar-refractivity contribution is 0.0351. The summed E-state index contributed by atoms with van der Waals surface area (Å²) in [5, 5.41) is 0. The Morgan fingerprint density at radius 3 is 2.94 bits per heavy atom. The summed E-state index contributed by atoms with van der Waals surface area (Å²) in [7, 11) is 0. The normalized spacial score (nSPS) is 24.8. The summed E-state index contributed by atoms with van der Waals surface area (Å²) in [5.41, 5.74) is 9.89. The molecule has 1 aliphatic heterocycles. The molecule has 1 unspecified atom stereocenters. The molecule has 0 amide bonds. The molecule has 1 atom stereocenters. The third-order valence-corrected chi connectivity index (χ3v) is 4.01. The number of anilines is 1. The van der Waals surface area contributed by atoms with Crippen molar-refractivity contribution in [3.63, 3.8) is 0 Å². The van der Waals surface area contributed by atoms with E-state index >= 15 is 0 Å². The molecule has 1 saturated heterocycles. The number of morpholine rings is 1. The Labute approximate surface area is 103 Å². The molecule has 1 aliphatic carbocycles. The van der Waals surface area contributed by atoms with Crippen molar-refractivity contribution in [1.82, 2.24) is 4.90 Å². The van der Waals surface area contributed by atoms with Crippen LogP contribution in [0.2, 0.25) is 0 Å². The lowest BCUT2D eigenvalue weighted by Gasteiger charge is -2.29. The van der Waals surface area contributed by atoms with Crippen molar-refractivity contribution in [2.75, 3.05) is 38.6 Å². The largest absolute Gasteiger partial charge is 0.398 e. The zero-order chi connectivity index (χ0) is 11.7. The summed E-state index contributed by atoms with van der Waals surface area (Å²) in [6.45, 7) is 5.09. The van der Waals surface area contributed by atoms with Gasteiger partial charge in [0.2, 0.25) is 0 Å². The molecule has 1 heterocycles. The first-order chi connectivity index (χ1) is 8.34. The quantitative estimate of drug-likeness (QED) is 0.788. The maximum atomic E-state index is 6.03. The lowest BCUT2D eigenvalue weighted by atomic mass is 10.00. The summed E-state index contributed by atoms with van der Waals surface area (Å²) in [6, 6.07) is 6.37. The number of hydrogen-bond acceptors (Lipinski definition) is 3. The van der Waals surface area contributed by atoms with E-state index in [2.05, 4.69) is 17.0 Å². The van der Waals surface area contributed by atoms with Crippen LogP contribution in [-0.4, -0.2) is 37.7 Å². The second-order valence-electron chi connectivity index (χ2n) is 5.06. The second kappa shape index (κ2) is 4.67. The van der Waals surface area contributed by atoms with E-state index in [4.69, 9.17) is 10.5 Å². The van der Waals surface area contributed by atoms with Gasteiger partial charge >= 0.3 is 0 Å². The first-order valence-electron chi connectivity index (χ1n) is 6.52. The molecule has 1 aromatic rings. The first kappa shape index (κ1) is 11.1. The molecule has 3 nitrogen and oxygen atoms in total. The first-order valence-corrected chi connectivity index (χ1v) is 6.52. The van der Waals surface area contributed by atoms with Crippen LogP contribution in [0.25, 0.3) is 0 Å². The molecule has 0 aromatic heterocycles. The molecule has 0 bridgehead atoms. The van der Waals surface area contributed by atoms with E-state index in [0.29, 0.717) is 5.92 Å². The van der Waals surface area contributed by atoms with Gasteiger partial charge in [0.25, 0.3) is 0 Å². The molecule has 1 aromatic carbocycles. The maximum absolute atomic E-state index is 6.03. The highest BCUT2D eigenvalue weighted by molar-refractivity contribution is 5.54. The van der Waals surface area contributed by atoms with Gasteiger partial charge in [-0.25, -0.2) is 0 Å². The monoisotopic (exact) mass is 232 g/mol. The van der Waals surface area contributed by atoms with Crippen molar-refractivity contribution < 1.29 is 4.74 Å². The van der Waals surface area contributed by atoms with Crippen molar-refractivity contribution in [1.29, 1.82) is 0 Å².